The molecule has 1 amide bonds. The Morgan fingerprint density at radius 2 is 1.70 bits per heavy atom. The number of aliphatic hydroxyl groups excluding tert-OH is 1. The van der Waals surface area contributed by atoms with Gasteiger partial charge in [-0.25, -0.2) is 4.79 Å². The van der Waals surface area contributed by atoms with Gasteiger partial charge in [0.25, 0.3) is 0 Å². The fourth-order valence-electron chi connectivity index (χ4n) is 4.76. The number of aliphatic hydroxyl groups is 1. The topological polar surface area (TPSA) is 71.0 Å². The molecule has 2 heterocycles. The maximum atomic E-state index is 13.4. The van der Waals surface area contributed by atoms with E-state index in [1.807, 2.05) is 60.7 Å². The van der Waals surface area contributed by atoms with E-state index in [9.17, 15) is 9.90 Å². The third kappa shape index (κ3) is 4.36. The van der Waals surface area contributed by atoms with Gasteiger partial charge in [-0.15, -0.1) is 0 Å². The molecule has 160 valence electrons. The number of β-amino-alcohol motifs (C(OH)–C–C–N with tert-alkyl or cyclic N) is 1. The number of ether oxygens (including phenoxy) is 2. The van der Waals surface area contributed by atoms with Crippen LogP contribution >= 0.6 is 0 Å². The highest BCUT2D eigenvalue weighted by Crippen LogP contribution is 2.39. The van der Waals surface area contributed by atoms with Crippen molar-refractivity contribution >= 4 is 6.09 Å². The molecule has 2 atom stereocenters. The molecule has 2 saturated heterocycles. The molecule has 0 unspecified atom stereocenters. The minimum absolute atomic E-state index is 0.143. The SMILES string of the molecule is O=C(OCc1ccccc1)N(Cc1ccccc1)[C@]1(C2CCOCC2)CNC[C@H]1O. The first-order chi connectivity index (χ1) is 14.7. The Balaban J connectivity index is 1.63. The lowest BCUT2D eigenvalue weighted by Gasteiger charge is -2.48. The van der Waals surface area contributed by atoms with Crippen LogP contribution in [-0.4, -0.2) is 54.0 Å². The predicted molar refractivity (Wildman–Crippen MR) is 114 cm³/mol. The van der Waals surface area contributed by atoms with Crippen molar-refractivity contribution in [1.82, 2.24) is 10.2 Å². The highest BCUT2D eigenvalue weighted by molar-refractivity contribution is 5.69. The quantitative estimate of drug-likeness (QED) is 0.766. The van der Waals surface area contributed by atoms with Crippen molar-refractivity contribution in [3.05, 3.63) is 71.8 Å². The summed E-state index contributed by atoms with van der Waals surface area (Å²) in [5.41, 5.74) is 1.24. The van der Waals surface area contributed by atoms with E-state index in [0.717, 1.165) is 24.0 Å². The van der Waals surface area contributed by atoms with Crippen LogP contribution in [0.1, 0.15) is 24.0 Å². The van der Waals surface area contributed by atoms with Gasteiger partial charge >= 0.3 is 6.09 Å². The third-order valence-corrected chi connectivity index (χ3v) is 6.36. The average molecular weight is 411 g/mol. The Morgan fingerprint density at radius 1 is 1.07 bits per heavy atom. The van der Waals surface area contributed by atoms with E-state index in [-0.39, 0.29) is 12.5 Å². The standard InChI is InChI=1S/C24H30N2O4/c27-22-15-25-18-24(22,21-11-13-29-14-12-21)26(16-19-7-3-1-4-8-19)23(28)30-17-20-9-5-2-6-10-20/h1-10,21-22,25,27H,11-18H2/t22-,24+/m1/s1. The van der Waals surface area contributed by atoms with Gasteiger partial charge in [0.15, 0.2) is 0 Å². The van der Waals surface area contributed by atoms with Gasteiger partial charge in [-0.05, 0) is 29.9 Å². The van der Waals surface area contributed by atoms with E-state index in [1.54, 1.807) is 4.90 Å². The van der Waals surface area contributed by atoms with Gasteiger partial charge < -0.3 is 19.9 Å². The molecular formula is C24H30N2O4. The molecular weight excluding hydrogens is 380 g/mol. The average Bonchev–Trinajstić information content (AvgIpc) is 3.19. The summed E-state index contributed by atoms with van der Waals surface area (Å²) in [6.07, 6.45) is 0.581. The summed E-state index contributed by atoms with van der Waals surface area (Å²) in [5.74, 6) is 0.143. The monoisotopic (exact) mass is 410 g/mol. The predicted octanol–water partition coefficient (Wildman–Crippen LogP) is 2.95. The maximum Gasteiger partial charge on any atom is 0.411 e. The van der Waals surface area contributed by atoms with Crippen molar-refractivity contribution in [2.45, 2.75) is 37.6 Å². The van der Waals surface area contributed by atoms with E-state index in [4.69, 9.17) is 9.47 Å². The van der Waals surface area contributed by atoms with Gasteiger partial charge in [-0.1, -0.05) is 60.7 Å². The first-order valence-electron chi connectivity index (χ1n) is 10.7. The number of amides is 1. The smallest absolute Gasteiger partial charge is 0.411 e. The van der Waals surface area contributed by atoms with E-state index >= 15 is 0 Å². The van der Waals surface area contributed by atoms with E-state index < -0.39 is 17.7 Å². The lowest BCUT2D eigenvalue weighted by atomic mass is 9.75. The van der Waals surface area contributed by atoms with Crippen molar-refractivity contribution in [3.63, 3.8) is 0 Å². The van der Waals surface area contributed by atoms with Crippen LogP contribution in [0.25, 0.3) is 0 Å². The molecule has 0 saturated carbocycles. The second-order valence-corrected chi connectivity index (χ2v) is 8.14. The zero-order valence-corrected chi connectivity index (χ0v) is 17.2. The second-order valence-electron chi connectivity index (χ2n) is 8.14. The van der Waals surface area contributed by atoms with Crippen LogP contribution in [0.2, 0.25) is 0 Å². The molecule has 0 aliphatic carbocycles. The molecule has 6 nitrogen and oxygen atoms in total. The minimum Gasteiger partial charge on any atom is -0.445 e. The first kappa shape index (κ1) is 20.8. The summed E-state index contributed by atoms with van der Waals surface area (Å²) in [4.78, 5) is 15.2. The molecule has 30 heavy (non-hydrogen) atoms. The highest BCUT2D eigenvalue weighted by Gasteiger charge is 2.54. The van der Waals surface area contributed by atoms with Crippen LogP contribution in [0.3, 0.4) is 0 Å². The lowest BCUT2D eigenvalue weighted by Crippen LogP contribution is -2.64. The molecule has 2 aromatic carbocycles. The molecule has 2 fully saturated rings. The molecule has 2 aromatic rings. The Morgan fingerprint density at radius 3 is 2.30 bits per heavy atom. The van der Waals surface area contributed by atoms with Crippen molar-refractivity contribution in [2.75, 3.05) is 26.3 Å². The maximum absolute atomic E-state index is 13.4. The van der Waals surface area contributed by atoms with Crippen molar-refractivity contribution in [1.29, 1.82) is 0 Å². The Bertz CT molecular complexity index is 810. The number of rotatable bonds is 6. The summed E-state index contributed by atoms with van der Waals surface area (Å²) < 4.78 is 11.3. The summed E-state index contributed by atoms with van der Waals surface area (Å²) in [6.45, 7) is 2.92. The van der Waals surface area contributed by atoms with Gasteiger partial charge in [-0.3, -0.25) is 4.90 Å². The number of nitrogens with zero attached hydrogens (tertiary/aromatic N) is 1. The van der Waals surface area contributed by atoms with Crippen LogP contribution in [0.5, 0.6) is 0 Å². The minimum atomic E-state index is -0.715. The number of benzene rings is 2. The van der Waals surface area contributed by atoms with E-state index in [1.165, 1.54) is 0 Å². The van der Waals surface area contributed by atoms with Crippen molar-refractivity contribution < 1.29 is 19.4 Å². The summed E-state index contributed by atoms with van der Waals surface area (Å²) in [6, 6.07) is 19.6. The zero-order chi connectivity index (χ0) is 20.8. The highest BCUT2D eigenvalue weighted by atomic mass is 16.6. The van der Waals surface area contributed by atoms with Crippen molar-refractivity contribution in [2.24, 2.45) is 5.92 Å². The molecule has 2 aliphatic heterocycles. The zero-order valence-electron chi connectivity index (χ0n) is 17.2. The molecule has 2 N–H and O–H groups in total. The van der Waals surface area contributed by atoms with Gasteiger partial charge in [0, 0.05) is 32.8 Å². The van der Waals surface area contributed by atoms with Gasteiger partial charge in [-0.2, -0.15) is 0 Å². The van der Waals surface area contributed by atoms with Crippen LogP contribution in [0, 0.1) is 5.92 Å². The normalized spacial score (nSPS) is 24.5. The van der Waals surface area contributed by atoms with Gasteiger partial charge in [0.2, 0.25) is 0 Å². The Hall–Kier alpha value is -2.41. The third-order valence-electron chi connectivity index (χ3n) is 6.36. The van der Waals surface area contributed by atoms with Crippen molar-refractivity contribution in [3.8, 4) is 0 Å². The number of carbonyl (C=O) groups excluding carboxylic acids is 1. The summed E-state index contributed by atoms with van der Waals surface area (Å²) >= 11 is 0. The second kappa shape index (κ2) is 9.60. The van der Waals surface area contributed by atoms with E-state index in [2.05, 4.69) is 5.32 Å². The fourth-order valence-corrected chi connectivity index (χ4v) is 4.76. The molecule has 0 radical (unpaired) electrons. The van der Waals surface area contributed by atoms with Crippen LogP contribution < -0.4 is 5.32 Å². The lowest BCUT2D eigenvalue weighted by molar-refractivity contribution is -0.0711. The van der Waals surface area contributed by atoms with Gasteiger partial charge in [0.1, 0.15) is 6.61 Å². The van der Waals surface area contributed by atoms with Crippen LogP contribution in [0.15, 0.2) is 60.7 Å². The molecule has 2 aliphatic rings. The molecule has 0 aromatic heterocycles. The number of hydrogen-bond donors (Lipinski definition) is 2. The molecule has 6 heteroatoms. The summed E-state index contributed by atoms with van der Waals surface area (Å²) in [5, 5.41) is 14.4. The van der Waals surface area contributed by atoms with Crippen LogP contribution in [-0.2, 0) is 22.6 Å². The van der Waals surface area contributed by atoms with E-state index in [0.29, 0.717) is 32.8 Å². The first-order valence-corrected chi connectivity index (χ1v) is 10.7. The summed E-state index contributed by atoms with van der Waals surface area (Å²) in [7, 11) is 0. The Labute approximate surface area is 177 Å². The number of carbonyl (C=O) groups is 1. The molecule has 4 rings (SSSR count). The molecule has 0 spiro atoms. The Kier molecular flexibility index (Phi) is 6.67. The molecule has 0 bridgehead atoms. The van der Waals surface area contributed by atoms with Crippen LogP contribution in [0.4, 0.5) is 4.79 Å². The number of nitrogens with one attached hydrogen (secondary N) is 1. The largest absolute Gasteiger partial charge is 0.445 e. The van der Waals surface area contributed by atoms with Gasteiger partial charge in [0.05, 0.1) is 11.6 Å². The number of hydrogen-bond acceptors (Lipinski definition) is 5. The fraction of sp³-hybridized carbons (Fsp3) is 0.458.